The van der Waals surface area contributed by atoms with E-state index in [0.717, 1.165) is 42.5 Å². The Morgan fingerprint density at radius 1 is 1.00 bits per heavy atom. The number of thiophene rings is 1. The summed E-state index contributed by atoms with van der Waals surface area (Å²) in [5.41, 5.74) is 3.75. The molecule has 0 bridgehead atoms. The second kappa shape index (κ2) is 10.5. The molecule has 210 valence electrons. The van der Waals surface area contributed by atoms with E-state index in [2.05, 4.69) is 35.5 Å². The Morgan fingerprint density at radius 2 is 1.83 bits per heavy atom. The number of H-pyrrole nitrogens is 2. The number of pyridine rings is 3. The molecule has 10 nitrogen and oxygen atoms in total. The van der Waals surface area contributed by atoms with Crippen LogP contribution in [0.5, 0.6) is 0 Å². The van der Waals surface area contributed by atoms with Gasteiger partial charge in [0.05, 0.1) is 45.6 Å². The summed E-state index contributed by atoms with van der Waals surface area (Å²) in [6, 6.07) is 5.33. The molecule has 1 fully saturated rings. The number of halogens is 1. The Bertz CT molecular complexity index is 1990. The monoisotopic (exact) mass is 580 g/mol. The summed E-state index contributed by atoms with van der Waals surface area (Å²) in [7, 11) is 0. The Balaban J connectivity index is 1.25. The Morgan fingerprint density at radius 3 is 2.64 bits per heavy atom. The molecule has 1 aliphatic carbocycles. The number of hydrogen-bond acceptors (Lipinski definition) is 8. The molecule has 1 saturated carbocycles. The molecule has 1 aliphatic rings. The first-order chi connectivity index (χ1) is 20.5. The average molecular weight is 581 g/mol. The first kappa shape index (κ1) is 26.1. The van der Waals surface area contributed by atoms with Gasteiger partial charge in [0, 0.05) is 34.3 Å². The zero-order valence-electron chi connectivity index (χ0n) is 22.6. The van der Waals surface area contributed by atoms with Crippen molar-refractivity contribution >= 4 is 50.7 Å². The van der Waals surface area contributed by atoms with Gasteiger partial charge < -0.3 is 10.3 Å². The number of fused-ring (bicyclic) bond motifs is 2. The van der Waals surface area contributed by atoms with Crippen LogP contribution in [0.25, 0.3) is 55.2 Å². The van der Waals surface area contributed by atoms with Crippen molar-refractivity contribution in [1.29, 1.82) is 0 Å². The molecule has 7 rings (SSSR count). The third-order valence-electron chi connectivity index (χ3n) is 7.64. The van der Waals surface area contributed by atoms with Crippen LogP contribution < -0.4 is 5.32 Å². The lowest BCUT2D eigenvalue weighted by Crippen LogP contribution is -2.24. The molecule has 0 saturated heterocycles. The van der Waals surface area contributed by atoms with Gasteiger partial charge >= 0.3 is 0 Å². The van der Waals surface area contributed by atoms with E-state index in [9.17, 15) is 9.59 Å². The highest BCUT2D eigenvalue weighted by atomic mass is 32.1. The van der Waals surface area contributed by atoms with Crippen LogP contribution in [0.1, 0.15) is 48.7 Å². The van der Waals surface area contributed by atoms with Crippen molar-refractivity contribution in [2.75, 3.05) is 5.32 Å². The molecular formula is C30H25FN8O2S. The standard InChI is InChI=1S/C30H25FN8O2S/c1-15(40)22-7-8-23(42-22)19-12-33-13-21-27(19)37-29(36-21)28-24-20(38-39-28)14-34-26(25(24)31)17-9-18(11-32-10-17)35-30(41)16-5-3-2-4-6-16/h7-14,16H,2-6H2,1H3,(H,35,41)(H,36,37)(H,38,39). The maximum atomic E-state index is 16.2. The number of aromatic amines is 2. The molecule has 6 aromatic heterocycles. The Kier molecular flexibility index (Phi) is 6.54. The largest absolute Gasteiger partial charge is 0.335 e. The second-order valence-corrected chi connectivity index (χ2v) is 11.5. The lowest BCUT2D eigenvalue weighted by Gasteiger charge is -2.20. The van der Waals surface area contributed by atoms with Gasteiger partial charge in [-0.15, -0.1) is 11.3 Å². The third-order valence-corrected chi connectivity index (χ3v) is 8.86. The molecule has 0 unspecified atom stereocenters. The molecule has 6 heterocycles. The van der Waals surface area contributed by atoms with Crippen molar-refractivity contribution in [1.82, 2.24) is 35.1 Å². The fraction of sp³-hybridized carbons (Fsp3) is 0.233. The highest BCUT2D eigenvalue weighted by Crippen LogP contribution is 2.36. The topological polar surface area (TPSA) is 142 Å². The van der Waals surface area contributed by atoms with Crippen LogP contribution >= 0.6 is 11.3 Å². The maximum absolute atomic E-state index is 16.2. The van der Waals surface area contributed by atoms with Crippen molar-refractivity contribution in [3.05, 3.63) is 59.9 Å². The first-order valence-corrected chi connectivity index (χ1v) is 14.5. The minimum Gasteiger partial charge on any atom is -0.335 e. The molecule has 1 amide bonds. The van der Waals surface area contributed by atoms with E-state index in [1.165, 1.54) is 30.7 Å². The number of amides is 1. The molecular weight excluding hydrogens is 555 g/mol. The number of carbonyl (C=O) groups is 2. The summed E-state index contributed by atoms with van der Waals surface area (Å²) >= 11 is 1.37. The van der Waals surface area contributed by atoms with Crippen molar-refractivity contribution < 1.29 is 14.0 Å². The Hall–Kier alpha value is -4.84. The van der Waals surface area contributed by atoms with Crippen molar-refractivity contribution in [2.24, 2.45) is 5.92 Å². The number of ketones is 1. The Labute approximate surface area is 242 Å². The molecule has 3 N–H and O–H groups in total. The summed E-state index contributed by atoms with van der Waals surface area (Å²) in [6.45, 7) is 1.53. The second-order valence-electron chi connectivity index (χ2n) is 10.5. The summed E-state index contributed by atoms with van der Waals surface area (Å²) in [6.07, 6.45) is 12.9. The maximum Gasteiger partial charge on any atom is 0.227 e. The third kappa shape index (κ3) is 4.63. The molecule has 0 aliphatic heterocycles. The van der Waals surface area contributed by atoms with Crippen molar-refractivity contribution in [3.8, 4) is 33.2 Å². The van der Waals surface area contributed by atoms with Crippen LogP contribution in [0.15, 0.2) is 49.2 Å². The fourth-order valence-electron chi connectivity index (χ4n) is 5.49. The zero-order valence-corrected chi connectivity index (χ0v) is 23.4. The number of nitrogens with one attached hydrogen (secondary N) is 3. The molecule has 0 atom stereocenters. The van der Waals surface area contributed by atoms with Crippen molar-refractivity contribution in [2.45, 2.75) is 39.0 Å². The lowest BCUT2D eigenvalue weighted by molar-refractivity contribution is -0.120. The van der Waals surface area contributed by atoms with Gasteiger partial charge in [0.2, 0.25) is 5.91 Å². The van der Waals surface area contributed by atoms with Crippen LogP contribution in [0.4, 0.5) is 10.1 Å². The first-order valence-electron chi connectivity index (χ1n) is 13.7. The van der Waals surface area contributed by atoms with E-state index in [-0.39, 0.29) is 28.7 Å². The van der Waals surface area contributed by atoms with Gasteiger partial charge in [0.25, 0.3) is 0 Å². The number of rotatable bonds is 6. The smallest absolute Gasteiger partial charge is 0.227 e. The highest BCUT2D eigenvalue weighted by Gasteiger charge is 2.23. The van der Waals surface area contributed by atoms with E-state index in [4.69, 9.17) is 4.98 Å². The highest BCUT2D eigenvalue weighted by molar-refractivity contribution is 7.17. The van der Waals surface area contributed by atoms with Crippen LogP contribution in [-0.2, 0) is 4.79 Å². The summed E-state index contributed by atoms with van der Waals surface area (Å²) in [5.74, 6) is -0.288. The molecule has 12 heteroatoms. The number of carbonyl (C=O) groups excluding carboxylic acids is 2. The van der Waals surface area contributed by atoms with Gasteiger partial charge in [-0.05, 0) is 38.0 Å². The number of nitrogens with zero attached hydrogens (tertiary/aromatic N) is 5. The molecule has 0 radical (unpaired) electrons. The molecule has 0 aromatic carbocycles. The van der Waals surface area contributed by atoms with Crippen LogP contribution in [-0.4, -0.2) is 46.8 Å². The van der Waals surface area contributed by atoms with E-state index in [1.807, 2.05) is 6.07 Å². The molecule has 0 spiro atoms. The number of anilines is 1. The zero-order chi connectivity index (χ0) is 28.8. The summed E-state index contributed by atoms with van der Waals surface area (Å²) < 4.78 is 16.2. The quantitative estimate of drug-likeness (QED) is 0.190. The summed E-state index contributed by atoms with van der Waals surface area (Å²) in [5, 5.41) is 10.4. The number of Topliss-reactive ketones (excluding diaryl/α,β-unsaturated/α-hetero) is 1. The van der Waals surface area contributed by atoms with Gasteiger partial charge in [-0.25, -0.2) is 9.37 Å². The minimum atomic E-state index is -0.586. The lowest BCUT2D eigenvalue weighted by atomic mass is 9.88. The van der Waals surface area contributed by atoms with E-state index in [1.54, 1.807) is 30.7 Å². The summed E-state index contributed by atoms with van der Waals surface area (Å²) in [4.78, 5) is 47.0. The number of hydrogen-bond donors (Lipinski definition) is 3. The van der Waals surface area contributed by atoms with E-state index < -0.39 is 5.82 Å². The molecule has 42 heavy (non-hydrogen) atoms. The van der Waals surface area contributed by atoms with Crippen LogP contribution in [0.3, 0.4) is 0 Å². The fourth-order valence-corrected chi connectivity index (χ4v) is 6.40. The number of imidazole rings is 1. The predicted molar refractivity (Wildman–Crippen MR) is 158 cm³/mol. The van der Waals surface area contributed by atoms with Crippen LogP contribution in [0, 0.1) is 11.7 Å². The van der Waals surface area contributed by atoms with Gasteiger partial charge in [-0.1, -0.05) is 19.3 Å². The average Bonchev–Trinajstić information content (AvgIpc) is 3.76. The normalized spacial score (nSPS) is 14.0. The SMILES string of the molecule is CC(=O)c1ccc(-c2cncc3[nH]c(-c4n[nH]c5cnc(-c6cncc(NC(=O)C7CCCCC7)c6)c(F)c45)nc23)s1. The van der Waals surface area contributed by atoms with Gasteiger partial charge in [-0.3, -0.25) is 29.6 Å². The molecule has 6 aromatic rings. The van der Waals surface area contributed by atoms with Gasteiger partial charge in [0.1, 0.15) is 16.9 Å². The van der Waals surface area contributed by atoms with Crippen LogP contribution in [0.2, 0.25) is 0 Å². The van der Waals surface area contributed by atoms with Gasteiger partial charge in [0.15, 0.2) is 17.4 Å². The predicted octanol–water partition coefficient (Wildman–Crippen LogP) is 6.55. The minimum absolute atomic E-state index is 0.00989. The van der Waals surface area contributed by atoms with E-state index >= 15 is 4.39 Å². The van der Waals surface area contributed by atoms with Gasteiger partial charge in [-0.2, -0.15) is 5.10 Å². The van der Waals surface area contributed by atoms with Crippen molar-refractivity contribution in [3.63, 3.8) is 0 Å². The number of aromatic nitrogens is 7. The van der Waals surface area contributed by atoms with E-state index in [0.29, 0.717) is 44.2 Å².